The number of nitrogens with one attached hydrogen (secondary N) is 3. The molecule has 2 aromatic carbocycles. The Balaban J connectivity index is 1.62. The number of aromatic nitrogens is 2. The molecule has 1 amide bonds. The smallest absolute Gasteiger partial charge is 0.275 e. The minimum absolute atomic E-state index is 0.106. The Morgan fingerprint density at radius 3 is 2.75 bits per heavy atom. The summed E-state index contributed by atoms with van der Waals surface area (Å²) >= 11 is 12.0. The molecule has 3 aromatic rings. The zero-order valence-corrected chi connectivity index (χ0v) is 16.9. The van der Waals surface area contributed by atoms with E-state index in [9.17, 15) is 9.59 Å². The van der Waals surface area contributed by atoms with E-state index < -0.39 is 0 Å². The standard InChI is InChI=1S/C20H20Cl2N4O2/c1-2-26(11-18-24-17-6-4-3-5-15(17)20(28)25-18)12-19(27)23-10-13-7-8-14(21)9-16(13)22/h3-9H,2,10-12H2,1H3,(H,23,27)(H,24,25,28)/p+1. The molecule has 3 rings (SSSR count). The second-order valence-corrected chi connectivity index (χ2v) is 7.34. The fraction of sp³-hybridized carbons (Fsp3) is 0.250. The predicted molar refractivity (Wildman–Crippen MR) is 111 cm³/mol. The highest BCUT2D eigenvalue weighted by molar-refractivity contribution is 6.35. The summed E-state index contributed by atoms with van der Waals surface area (Å²) in [7, 11) is 0. The fourth-order valence-electron chi connectivity index (χ4n) is 2.92. The van der Waals surface area contributed by atoms with E-state index in [1.54, 1.807) is 30.3 Å². The summed E-state index contributed by atoms with van der Waals surface area (Å²) in [5, 5.41) is 4.50. The van der Waals surface area contributed by atoms with Crippen molar-refractivity contribution in [2.75, 3.05) is 13.1 Å². The number of nitrogens with zero attached hydrogens (tertiary/aromatic N) is 1. The molecule has 3 N–H and O–H groups in total. The van der Waals surface area contributed by atoms with Crippen LogP contribution in [0, 0.1) is 0 Å². The van der Waals surface area contributed by atoms with Crippen molar-refractivity contribution in [1.82, 2.24) is 15.3 Å². The van der Waals surface area contributed by atoms with Crippen LogP contribution in [0.4, 0.5) is 0 Å². The second kappa shape index (κ2) is 9.19. The SMILES string of the molecule is CC[NH+](CC(=O)NCc1ccc(Cl)cc1Cl)Cc1nc2ccccc2c(=O)[nH]1. The number of rotatable bonds is 7. The molecule has 146 valence electrons. The van der Waals surface area contributed by atoms with E-state index in [2.05, 4.69) is 15.3 Å². The van der Waals surface area contributed by atoms with E-state index in [0.717, 1.165) is 10.5 Å². The zero-order valence-electron chi connectivity index (χ0n) is 15.4. The molecule has 1 atom stereocenters. The summed E-state index contributed by atoms with van der Waals surface area (Å²) < 4.78 is 0. The maximum atomic E-state index is 12.3. The third kappa shape index (κ3) is 5.10. The number of quaternary nitrogens is 1. The largest absolute Gasteiger partial charge is 0.347 e. The Morgan fingerprint density at radius 1 is 1.21 bits per heavy atom. The number of H-pyrrole nitrogens is 1. The van der Waals surface area contributed by atoms with Crippen molar-refractivity contribution >= 4 is 40.0 Å². The minimum Gasteiger partial charge on any atom is -0.347 e. The molecule has 1 aromatic heterocycles. The maximum absolute atomic E-state index is 12.3. The average molecular weight is 420 g/mol. The quantitative estimate of drug-likeness (QED) is 0.547. The molecule has 0 aliphatic carbocycles. The van der Waals surface area contributed by atoms with Crippen LogP contribution in [0.15, 0.2) is 47.3 Å². The number of likely N-dealkylation sites (N-methyl/N-ethyl adjacent to an activating group) is 1. The number of hydrogen-bond donors (Lipinski definition) is 3. The van der Waals surface area contributed by atoms with Crippen molar-refractivity contribution in [2.24, 2.45) is 0 Å². The minimum atomic E-state index is -0.169. The molecule has 0 radical (unpaired) electrons. The molecular weight excluding hydrogens is 399 g/mol. The monoisotopic (exact) mass is 419 g/mol. The van der Waals surface area contributed by atoms with E-state index in [0.29, 0.717) is 46.4 Å². The van der Waals surface area contributed by atoms with Gasteiger partial charge in [0, 0.05) is 16.6 Å². The first-order chi connectivity index (χ1) is 13.5. The summed E-state index contributed by atoms with van der Waals surface area (Å²) in [6.45, 7) is 3.74. The van der Waals surface area contributed by atoms with Gasteiger partial charge in [-0.15, -0.1) is 0 Å². The van der Waals surface area contributed by atoms with Gasteiger partial charge in [0.05, 0.1) is 17.4 Å². The average Bonchev–Trinajstić information content (AvgIpc) is 2.67. The van der Waals surface area contributed by atoms with Gasteiger partial charge in [0.2, 0.25) is 0 Å². The van der Waals surface area contributed by atoms with Gasteiger partial charge in [0.15, 0.2) is 12.4 Å². The van der Waals surface area contributed by atoms with Crippen molar-refractivity contribution in [1.29, 1.82) is 0 Å². The van der Waals surface area contributed by atoms with Crippen LogP contribution in [0.1, 0.15) is 18.3 Å². The Hall–Kier alpha value is -2.41. The van der Waals surface area contributed by atoms with E-state index in [-0.39, 0.29) is 18.0 Å². The van der Waals surface area contributed by atoms with Gasteiger partial charge in [0.25, 0.3) is 11.5 Å². The summed E-state index contributed by atoms with van der Waals surface area (Å²) in [5.41, 5.74) is 1.29. The first-order valence-electron chi connectivity index (χ1n) is 8.98. The summed E-state index contributed by atoms with van der Waals surface area (Å²) in [5.74, 6) is 0.458. The molecule has 0 spiro atoms. The van der Waals surface area contributed by atoms with E-state index in [4.69, 9.17) is 23.2 Å². The molecule has 0 aliphatic rings. The van der Waals surface area contributed by atoms with E-state index in [1.165, 1.54) is 0 Å². The number of amides is 1. The zero-order chi connectivity index (χ0) is 20.1. The van der Waals surface area contributed by atoms with Gasteiger partial charge >= 0.3 is 0 Å². The predicted octanol–water partition coefficient (Wildman–Crippen LogP) is 1.95. The first-order valence-corrected chi connectivity index (χ1v) is 9.74. The van der Waals surface area contributed by atoms with Crippen LogP contribution in [0.2, 0.25) is 10.0 Å². The second-order valence-electron chi connectivity index (χ2n) is 6.50. The molecule has 0 bridgehead atoms. The lowest BCUT2D eigenvalue weighted by Crippen LogP contribution is -3.11. The van der Waals surface area contributed by atoms with E-state index >= 15 is 0 Å². The highest BCUT2D eigenvalue weighted by atomic mass is 35.5. The normalized spacial score (nSPS) is 12.1. The van der Waals surface area contributed by atoms with Crippen LogP contribution < -0.4 is 15.8 Å². The topological polar surface area (TPSA) is 79.3 Å². The first kappa shape index (κ1) is 20.3. The van der Waals surface area contributed by atoms with Crippen molar-refractivity contribution in [3.05, 3.63) is 74.3 Å². The molecule has 0 fully saturated rings. The lowest BCUT2D eigenvalue weighted by molar-refractivity contribution is -0.904. The molecular formula is C20H21Cl2N4O2+. The maximum Gasteiger partial charge on any atom is 0.275 e. The molecule has 0 aliphatic heterocycles. The number of hydrogen-bond acceptors (Lipinski definition) is 3. The molecule has 0 saturated heterocycles. The van der Waals surface area contributed by atoms with Crippen LogP contribution in [0.25, 0.3) is 10.9 Å². The number of fused-ring (bicyclic) bond motifs is 1. The third-order valence-corrected chi connectivity index (χ3v) is 5.07. The van der Waals surface area contributed by atoms with Crippen LogP contribution in [0.3, 0.4) is 0 Å². The van der Waals surface area contributed by atoms with Gasteiger partial charge in [-0.1, -0.05) is 41.4 Å². The van der Waals surface area contributed by atoms with Crippen molar-refractivity contribution in [3.8, 4) is 0 Å². The highest BCUT2D eigenvalue weighted by Gasteiger charge is 2.15. The van der Waals surface area contributed by atoms with Gasteiger partial charge < -0.3 is 15.2 Å². The van der Waals surface area contributed by atoms with Crippen LogP contribution in [-0.2, 0) is 17.9 Å². The number of carbonyl (C=O) groups is 1. The number of halogens is 2. The Kier molecular flexibility index (Phi) is 6.67. The van der Waals surface area contributed by atoms with Crippen molar-refractivity contribution < 1.29 is 9.69 Å². The summed E-state index contributed by atoms with van der Waals surface area (Å²) in [6, 6.07) is 12.4. The Labute approximate surface area is 172 Å². The molecule has 6 nitrogen and oxygen atoms in total. The van der Waals surface area contributed by atoms with Gasteiger partial charge in [0.1, 0.15) is 6.54 Å². The van der Waals surface area contributed by atoms with Crippen LogP contribution in [0.5, 0.6) is 0 Å². The molecule has 0 saturated carbocycles. The van der Waals surface area contributed by atoms with Crippen LogP contribution in [-0.4, -0.2) is 29.0 Å². The number of benzene rings is 2. The fourth-order valence-corrected chi connectivity index (χ4v) is 3.39. The molecule has 1 heterocycles. The lowest BCUT2D eigenvalue weighted by Gasteiger charge is -2.17. The Morgan fingerprint density at radius 2 is 2.00 bits per heavy atom. The van der Waals surface area contributed by atoms with Crippen LogP contribution >= 0.6 is 23.2 Å². The highest BCUT2D eigenvalue weighted by Crippen LogP contribution is 2.20. The van der Waals surface area contributed by atoms with Gasteiger partial charge in [-0.25, -0.2) is 4.98 Å². The van der Waals surface area contributed by atoms with Crippen molar-refractivity contribution in [2.45, 2.75) is 20.0 Å². The van der Waals surface area contributed by atoms with E-state index in [1.807, 2.05) is 19.1 Å². The third-order valence-electron chi connectivity index (χ3n) is 4.48. The number of carbonyl (C=O) groups excluding carboxylic acids is 1. The number of aromatic amines is 1. The molecule has 28 heavy (non-hydrogen) atoms. The summed E-state index contributed by atoms with van der Waals surface area (Å²) in [6.07, 6.45) is 0. The molecule has 1 unspecified atom stereocenters. The molecule has 8 heteroatoms. The van der Waals surface area contributed by atoms with Gasteiger partial charge in [-0.3, -0.25) is 9.59 Å². The lowest BCUT2D eigenvalue weighted by atomic mass is 10.2. The summed E-state index contributed by atoms with van der Waals surface area (Å²) in [4.78, 5) is 32.8. The van der Waals surface area contributed by atoms with Gasteiger partial charge in [-0.05, 0) is 36.8 Å². The van der Waals surface area contributed by atoms with Gasteiger partial charge in [-0.2, -0.15) is 0 Å². The van der Waals surface area contributed by atoms with Crippen molar-refractivity contribution in [3.63, 3.8) is 0 Å². The Bertz CT molecular complexity index is 1050. The number of para-hydroxylation sites is 1.